The van der Waals surface area contributed by atoms with Crippen LogP contribution in [0, 0.1) is 0 Å². The Balaban J connectivity index is 0.000000322. The van der Waals surface area contributed by atoms with Gasteiger partial charge in [0.25, 0.3) is 10.1 Å². The minimum Gasteiger partial charge on any atom is -0.285 e. The van der Waals surface area contributed by atoms with Crippen molar-refractivity contribution in [2.24, 2.45) is 0 Å². The van der Waals surface area contributed by atoms with E-state index in [4.69, 9.17) is 4.55 Å². The second-order valence-corrected chi connectivity index (χ2v) is 9.22. The van der Waals surface area contributed by atoms with Crippen LogP contribution in [0.15, 0.2) is 59.5 Å². The molecule has 2 aromatic carbocycles. The van der Waals surface area contributed by atoms with Crippen LogP contribution in [0.1, 0.15) is 13.8 Å². The van der Waals surface area contributed by atoms with Gasteiger partial charge >= 0.3 is 0 Å². The normalized spacial score (nSPS) is 11.7. The Morgan fingerprint density at radius 3 is 1.74 bits per heavy atom. The van der Waals surface area contributed by atoms with Crippen LogP contribution in [0.3, 0.4) is 0 Å². The van der Waals surface area contributed by atoms with Gasteiger partial charge in [0.2, 0.25) is 0 Å². The van der Waals surface area contributed by atoms with Crippen molar-refractivity contribution in [1.29, 1.82) is 0 Å². The van der Waals surface area contributed by atoms with Gasteiger partial charge < -0.3 is 0 Å². The minimum atomic E-state index is -3.74. The molecule has 0 heterocycles. The van der Waals surface area contributed by atoms with Gasteiger partial charge in [-0.05, 0) is 37.1 Å². The zero-order chi connectivity index (χ0) is 17.7. The summed E-state index contributed by atoms with van der Waals surface area (Å²) in [5, 5.41) is -0.674. The van der Waals surface area contributed by atoms with E-state index < -0.39 is 25.2 Å². The van der Waals surface area contributed by atoms with Crippen molar-refractivity contribution in [3.05, 3.63) is 54.6 Å². The van der Waals surface area contributed by atoms with E-state index >= 15 is 0 Å². The summed E-state index contributed by atoms with van der Waals surface area (Å²) in [5.74, 6) is 0. The molecule has 5 nitrogen and oxygen atoms in total. The van der Waals surface area contributed by atoms with Crippen molar-refractivity contribution in [2.45, 2.75) is 24.0 Å². The number of rotatable bonds is 3. The lowest BCUT2D eigenvalue weighted by Crippen LogP contribution is -2.10. The third-order valence-electron chi connectivity index (χ3n) is 2.97. The summed E-state index contributed by atoms with van der Waals surface area (Å²) in [4.78, 5) is 0.355. The van der Waals surface area contributed by atoms with Gasteiger partial charge in [0, 0.05) is 6.26 Å². The van der Waals surface area contributed by atoms with Crippen molar-refractivity contribution in [3.63, 3.8) is 0 Å². The van der Waals surface area contributed by atoms with E-state index in [9.17, 15) is 16.8 Å². The molecule has 0 spiro atoms. The first-order valence-electron chi connectivity index (χ1n) is 6.83. The molecule has 0 aliphatic heterocycles. The maximum absolute atomic E-state index is 11.4. The fourth-order valence-electron chi connectivity index (χ4n) is 1.54. The predicted molar refractivity (Wildman–Crippen MR) is 91.7 cm³/mol. The summed E-state index contributed by atoms with van der Waals surface area (Å²) in [7, 11) is -6.87. The highest BCUT2D eigenvalue weighted by atomic mass is 32.2. The maximum atomic E-state index is 11.4. The van der Waals surface area contributed by atoms with Crippen LogP contribution in [-0.2, 0) is 20.0 Å². The Bertz CT molecular complexity index is 839. The van der Waals surface area contributed by atoms with E-state index in [1.807, 2.05) is 36.4 Å². The maximum Gasteiger partial charge on any atom is 0.267 e. The predicted octanol–water partition coefficient (Wildman–Crippen LogP) is 3.04. The van der Waals surface area contributed by atoms with Gasteiger partial charge in [-0.1, -0.05) is 42.5 Å². The first-order valence-corrected chi connectivity index (χ1v) is 10.2. The van der Waals surface area contributed by atoms with E-state index in [1.54, 1.807) is 18.2 Å². The molecular formula is C16H20O5S2. The Morgan fingerprint density at radius 2 is 1.30 bits per heavy atom. The fraction of sp³-hybridized carbons (Fsp3) is 0.250. The molecule has 0 aliphatic carbocycles. The highest BCUT2D eigenvalue weighted by Gasteiger charge is 2.08. The molecule has 2 aromatic rings. The summed E-state index contributed by atoms with van der Waals surface area (Å²) >= 11 is 0. The van der Waals surface area contributed by atoms with Crippen molar-refractivity contribution in [2.75, 3.05) is 6.26 Å². The molecule has 1 N–H and O–H groups in total. The molecular weight excluding hydrogens is 336 g/mol. The first kappa shape index (κ1) is 19.3. The molecule has 0 aromatic heterocycles. The fourth-order valence-corrected chi connectivity index (χ4v) is 2.20. The molecule has 0 saturated carbocycles. The van der Waals surface area contributed by atoms with E-state index in [0.29, 0.717) is 4.90 Å². The Hall–Kier alpha value is -1.70. The van der Waals surface area contributed by atoms with Gasteiger partial charge in [0.15, 0.2) is 9.84 Å². The third kappa shape index (κ3) is 6.52. The summed E-state index contributed by atoms with van der Waals surface area (Å²) in [6.07, 6.45) is 1.22. The highest BCUT2D eigenvalue weighted by molar-refractivity contribution is 7.90. The van der Waals surface area contributed by atoms with Crippen molar-refractivity contribution < 1.29 is 21.4 Å². The van der Waals surface area contributed by atoms with Gasteiger partial charge in [-0.3, -0.25) is 4.55 Å². The smallest absolute Gasteiger partial charge is 0.267 e. The minimum absolute atomic E-state index is 0.355. The van der Waals surface area contributed by atoms with Gasteiger partial charge in [-0.25, -0.2) is 8.42 Å². The molecule has 0 unspecified atom stereocenters. The number of sulfone groups is 1. The molecule has 0 fully saturated rings. The Labute approximate surface area is 137 Å². The lowest BCUT2D eigenvalue weighted by Gasteiger charge is -2.03. The molecule has 7 heteroatoms. The SMILES string of the molecule is CC(C)S(=O)(=O)O.CS(=O)(=O)c1cccc(-c2ccccc2)c1. The molecule has 0 atom stereocenters. The average Bonchev–Trinajstić information content (AvgIpc) is 2.47. The quantitative estimate of drug-likeness (QED) is 0.854. The lowest BCUT2D eigenvalue weighted by atomic mass is 10.1. The van der Waals surface area contributed by atoms with Crippen LogP contribution in [0.25, 0.3) is 11.1 Å². The van der Waals surface area contributed by atoms with Crippen LogP contribution in [0.2, 0.25) is 0 Å². The van der Waals surface area contributed by atoms with Crippen molar-refractivity contribution >= 4 is 20.0 Å². The highest BCUT2D eigenvalue weighted by Crippen LogP contribution is 2.21. The zero-order valence-corrected chi connectivity index (χ0v) is 14.8. The molecule has 126 valence electrons. The average molecular weight is 356 g/mol. The summed E-state index contributed by atoms with van der Waals surface area (Å²) in [5.41, 5.74) is 1.94. The molecule has 0 amide bonds. The summed E-state index contributed by atoms with van der Waals surface area (Å²) in [6.45, 7) is 2.82. The largest absolute Gasteiger partial charge is 0.285 e. The summed E-state index contributed by atoms with van der Waals surface area (Å²) in [6, 6.07) is 16.7. The molecule has 2 rings (SSSR count). The zero-order valence-electron chi connectivity index (χ0n) is 13.2. The van der Waals surface area contributed by atoms with Crippen molar-refractivity contribution in [3.8, 4) is 11.1 Å². The standard InChI is InChI=1S/C13H12O2S.C3H8O3S/c1-16(14,15)13-9-5-8-12(10-13)11-6-3-2-4-7-11;1-3(2)7(4,5)6/h2-10H,1H3;3H,1-2H3,(H,4,5,6). The van der Waals surface area contributed by atoms with Crippen LogP contribution >= 0.6 is 0 Å². The molecule has 0 radical (unpaired) electrons. The van der Waals surface area contributed by atoms with E-state index in [0.717, 1.165) is 11.1 Å². The number of benzene rings is 2. The van der Waals surface area contributed by atoms with Gasteiger partial charge in [0.1, 0.15) is 0 Å². The van der Waals surface area contributed by atoms with Crippen LogP contribution < -0.4 is 0 Å². The second kappa shape index (κ2) is 7.72. The van der Waals surface area contributed by atoms with Crippen LogP contribution in [0.4, 0.5) is 0 Å². The molecule has 23 heavy (non-hydrogen) atoms. The third-order valence-corrected chi connectivity index (χ3v) is 5.27. The second-order valence-electron chi connectivity index (χ2n) is 5.23. The first-order chi connectivity index (χ1) is 10.5. The van der Waals surface area contributed by atoms with Gasteiger partial charge in [-0.15, -0.1) is 0 Å². The molecule has 0 aliphatic rings. The van der Waals surface area contributed by atoms with Crippen LogP contribution in [-0.4, -0.2) is 32.9 Å². The van der Waals surface area contributed by atoms with E-state index in [1.165, 1.54) is 20.1 Å². The Kier molecular flexibility index (Phi) is 6.49. The summed E-state index contributed by atoms with van der Waals surface area (Å²) < 4.78 is 50.7. The van der Waals surface area contributed by atoms with Crippen molar-refractivity contribution in [1.82, 2.24) is 0 Å². The van der Waals surface area contributed by atoms with E-state index in [2.05, 4.69) is 0 Å². The van der Waals surface area contributed by atoms with Gasteiger partial charge in [-0.2, -0.15) is 8.42 Å². The van der Waals surface area contributed by atoms with Crippen LogP contribution in [0.5, 0.6) is 0 Å². The topological polar surface area (TPSA) is 88.5 Å². The number of hydrogen-bond donors (Lipinski definition) is 1. The molecule has 0 bridgehead atoms. The number of hydrogen-bond acceptors (Lipinski definition) is 4. The van der Waals surface area contributed by atoms with Gasteiger partial charge in [0.05, 0.1) is 10.1 Å². The molecule has 0 saturated heterocycles. The Morgan fingerprint density at radius 1 is 0.826 bits per heavy atom. The monoisotopic (exact) mass is 356 g/mol. The lowest BCUT2D eigenvalue weighted by molar-refractivity contribution is 0.473. The van der Waals surface area contributed by atoms with E-state index in [-0.39, 0.29) is 0 Å².